The molecule has 2 N–H and O–H groups in total. The number of aliphatic hydroxyl groups excluding tert-OH is 1. The van der Waals surface area contributed by atoms with Crippen LogP contribution in [-0.4, -0.2) is 30.9 Å². The summed E-state index contributed by atoms with van der Waals surface area (Å²) in [7, 11) is 0. The lowest BCUT2D eigenvalue weighted by Gasteiger charge is -2.21. The minimum absolute atomic E-state index is 0.391. The molecule has 20 heavy (non-hydrogen) atoms. The van der Waals surface area contributed by atoms with Crippen molar-refractivity contribution in [3.8, 4) is 0 Å². The van der Waals surface area contributed by atoms with Gasteiger partial charge in [-0.3, -0.25) is 0 Å². The van der Waals surface area contributed by atoms with Crippen LogP contribution >= 0.6 is 0 Å². The second-order valence-electron chi connectivity index (χ2n) is 6.16. The van der Waals surface area contributed by atoms with E-state index in [4.69, 9.17) is 4.74 Å². The average Bonchev–Trinajstić information content (AvgIpc) is 2.98. The lowest BCUT2D eigenvalue weighted by molar-refractivity contribution is 0.156. The van der Waals surface area contributed by atoms with Crippen LogP contribution in [0.2, 0.25) is 0 Å². The molecule has 1 aliphatic heterocycles. The van der Waals surface area contributed by atoms with Crippen LogP contribution in [-0.2, 0) is 4.74 Å². The zero-order valence-corrected chi connectivity index (χ0v) is 12.8. The molecule has 0 aromatic heterocycles. The predicted molar refractivity (Wildman–Crippen MR) is 81.9 cm³/mol. The maximum atomic E-state index is 10.2. The topological polar surface area (TPSA) is 41.5 Å². The van der Waals surface area contributed by atoms with E-state index in [9.17, 15) is 5.11 Å². The Kier molecular flexibility index (Phi) is 5.58. The molecule has 112 valence electrons. The number of hydrogen-bond acceptors (Lipinski definition) is 3. The fourth-order valence-corrected chi connectivity index (χ4v) is 2.63. The van der Waals surface area contributed by atoms with Crippen molar-refractivity contribution < 1.29 is 9.84 Å². The van der Waals surface area contributed by atoms with Gasteiger partial charge in [-0.25, -0.2) is 0 Å². The van der Waals surface area contributed by atoms with E-state index < -0.39 is 6.10 Å². The maximum absolute atomic E-state index is 10.2. The normalized spacial score (nSPS) is 22.1. The van der Waals surface area contributed by atoms with Gasteiger partial charge in [-0.1, -0.05) is 38.1 Å². The smallest absolute Gasteiger partial charge is 0.0914 e. The molecular formula is C17H27NO2. The molecule has 0 amide bonds. The van der Waals surface area contributed by atoms with Gasteiger partial charge >= 0.3 is 0 Å². The molecule has 3 nitrogen and oxygen atoms in total. The second-order valence-corrected chi connectivity index (χ2v) is 6.16. The Hall–Kier alpha value is -0.900. The molecule has 0 bridgehead atoms. The Bertz CT molecular complexity index is 396. The highest BCUT2D eigenvalue weighted by Crippen LogP contribution is 2.20. The largest absolute Gasteiger partial charge is 0.387 e. The van der Waals surface area contributed by atoms with Crippen LogP contribution in [0.25, 0.3) is 0 Å². The summed E-state index contributed by atoms with van der Waals surface area (Å²) in [4.78, 5) is 0. The van der Waals surface area contributed by atoms with Crippen molar-refractivity contribution in [2.24, 2.45) is 5.92 Å². The first-order valence-electron chi connectivity index (χ1n) is 7.67. The lowest BCUT2D eigenvalue weighted by atomic mass is 9.98. The van der Waals surface area contributed by atoms with Crippen LogP contribution in [0.3, 0.4) is 0 Å². The van der Waals surface area contributed by atoms with Gasteiger partial charge in [-0.2, -0.15) is 0 Å². The van der Waals surface area contributed by atoms with Crippen LogP contribution in [0.15, 0.2) is 24.3 Å². The molecule has 3 unspecified atom stereocenters. The monoisotopic (exact) mass is 277 g/mol. The minimum atomic E-state index is -0.444. The fourth-order valence-electron chi connectivity index (χ4n) is 2.63. The van der Waals surface area contributed by atoms with E-state index in [0.29, 0.717) is 24.4 Å². The van der Waals surface area contributed by atoms with Crippen molar-refractivity contribution in [2.75, 3.05) is 19.8 Å². The Balaban J connectivity index is 1.83. The first-order valence-corrected chi connectivity index (χ1v) is 7.67. The second kappa shape index (κ2) is 7.21. The van der Waals surface area contributed by atoms with E-state index in [2.05, 4.69) is 38.2 Å². The molecule has 0 radical (unpaired) electrons. The summed E-state index contributed by atoms with van der Waals surface area (Å²) in [6.07, 6.45) is 0.675. The molecule has 0 aliphatic carbocycles. The summed E-state index contributed by atoms with van der Waals surface area (Å²) in [5.41, 5.74) is 2.29. The van der Waals surface area contributed by atoms with Crippen molar-refractivity contribution in [2.45, 2.75) is 45.3 Å². The molecule has 0 saturated carbocycles. The molecule has 2 rings (SSSR count). The Morgan fingerprint density at radius 3 is 2.40 bits per heavy atom. The van der Waals surface area contributed by atoms with Crippen molar-refractivity contribution in [1.82, 2.24) is 5.32 Å². The SMILES string of the molecule is CC(C)c1ccc(C(O)CNC(C)C2CCOC2)cc1. The van der Waals surface area contributed by atoms with E-state index in [1.165, 1.54) is 5.56 Å². The van der Waals surface area contributed by atoms with E-state index >= 15 is 0 Å². The van der Waals surface area contributed by atoms with E-state index in [-0.39, 0.29) is 0 Å². The van der Waals surface area contributed by atoms with E-state index in [1.54, 1.807) is 0 Å². The number of aliphatic hydroxyl groups is 1. The number of rotatable bonds is 6. The van der Waals surface area contributed by atoms with Gasteiger partial charge in [-0.05, 0) is 36.3 Å². The Morgan fingerprint density at radius 1 is 1.20 bits per heavy atom. The van der Waals surface area contributed by atoms with Gasteiger partial charge in [0.25, 0.3) is 0 Å². The van der Waals surface area contributed by atoms with Gasteiger partial charge < -0.3 is 15.2 Å². The van der Waals surface area contributed by atoms with Gasteiger partial charge in [-0.15, -0.1) is 0 Å². The first-order chi connectivity index (χ1) is 9.58. The van der Waals surface area contributed by atoms with Crippen LogP contribution in [0.1, 0.15) is 50.3 Å². The molecule has 3 atom stereocenters. The number of ether oxygens (including phenoxy) is 1. The molecule has 1 aromatic rings. The number of nitrogens with one attached hydrogen (secondary N) is 1. The van der Waals surface area contributed by atoms with Crippen LogP contribution < -0.4 is 5.32 Å². The van der Waals surface area contributed by atoms with Gasteiger partial charge in [0.15, 0.2) is 0 Å². The molecule has 3 heteroatoms. The van der Waals surface area contributed by atoms with E-state index in [0.717, 1.165) is 25.2 Å². The van der Waals surface area contributed by atoms with Crippen LogP contribution in [0, 0.1) is 5.92 Å². The average molecular weight is 277 g/mol. The summed E-state index contributed by atoms with van der Waals surface area (Å²) in [5.74, 6) is 1.10. The predicted octanol–water partition coefficient (Wildman–Crippen LogP) is 2.86. The van der Waals surface area contributed by atoms with Crippen molar-refractivity contribution in [1.29, 1.82) is 0 Å². The molecule has 0 spiro atoms. The van der Waals surface area contributed by atoms with Crippen LogP contribution in [0.5, 0.6) is 0 Å². The highest BCUT2D eigenvalue weighted by molar-refractivity contribution is 5.26. The molecule has 1 aromatic carbocycles. The zero-order valence-electron chi connectivity index (χ0n) is 12.8. The Morgan fingerprint density at radius 2 is 1.85 bits per heavy atom. The molecule has 1 fully saturated rings. The Labute approximate surface area is 122 Å². The van der Waals surface area contributed by atoms with Gasteiger partial charge in [0.05, 0.1) is 12.7 Å². The number of benzene rings is 1. The minimum Gasteiger partial charge on any atom is -0.387 e. The van der Waals surface area contributed by atoms with Crippen molar-refractivity contribution in [3.05, 3.63) is 35.4 Å². The van der Waals surface area contributed by atoms with Gasteiger partial charge in [0.2, 0.25) is 0 Å². The van der Waals surface area contributed by atoms with Gasteiger partial charge in [0, 0.05) is 19.2 Å². The third-order valence-electron chi connectivity index (χ3n) is 4.29. The molecule has 1 aliphatic rings. The number of hydrogen-bond donors (Lipinski definition) is 2. The first kappa shape index (κ1) is 15.5. The van der Waals surface area contributed by atoms with Crippen LogP contribution in [0.4, 0.5) is 0 Å². The summed E-state index contributed by atoms with van der Waals surface area (Å²) < 4.78 is 5.40. The highest BCUT2D eigenvalue weighted by atomic mass is 16.5. The fraction of sp³-hybridized carbons (Fsp3) is 0.647. The van der Waals surface area contributed by atoms with Gasteiger partial charge in [0.1, 0.15) is 0 Å². The molecular weight excluding hydrogens is 250 g/mol. The summed E-state index contributed by atoms with van der Waals surface area (Å²) in [6.45, 7) is 8.84. The zero-order chi connectivity index (χ0) is 14.5. The summed E-state index contributed by atoms with van der Waals surface area (Å²) >= 11 is 0. The lowest BCUT2D eigenvalue weighted by Crippen LogP contribution is -2.36. The van der Waals surface area contributed by atoms with Crippen molar-refractivity contribution >= 4 is 0 Å². The quantitative estimate of drug-likeness (QED) is 0.840. The van der Waals surface area contributed by atoms with E-state index in [1.807, 2.05) is 12.1 Å². The highest BCUT2D eigenvalue weighted by Gasteiger charge is 2.22. The summed E-state index contributed by atoms with van der Waals surface area (Å²) in [6, 6.07) is 8.67. The third-order valence-corrected chi connectivity index (χ3v) is 4.29. The molecule has 1 heterocycles. The maximum Gasteiger partial charge on any atom is 0.0914 e. The third kappa shape index (κ3) is 4.05. The molecule has 1 saturated heterocycles. The standard InChI is InChI=1S/C17H27NO2/c1-12(2)14-4-6-15(7-5-14)17(19)10-18-13(3)16-8-9-20-11-16/h4-7,12-13,16-19H,8-11H2,1-3H3. The summed E-state index contributed by atoms with van der Waals surface area (Å²) in [5, 5.41) is 13.7. The van der Waals surface area contributed by atoms with Crippen molar-refractivity contribution in [3.63, 3.8) is 0 Å².